The van der Waals surface area contributed by atoms with E-state index in [-0.39, 0.29) is 36.1 Å². The number of aliphatic hydroxyl groups excluding tert-OH is 1. The molecule has 4 aromatic carbocycles. The second-order valence-electron chi connectivity index (χ2n) is 10.8. The van der Waals surface area contributed by atoms with Crippen molar-refractivity contribution in [2.75, 3.05) is 19.0 Å². The molecule has 4 aromatic rings. The van der Waals surface area contributed by atoms with Gasteiger partial charge in [-0.25, -0.2) is 18.8 Å². The zero-order chi connectivity index (χ0) is 33.4. The molecule has 1 amide bonds. The van der Waals surface area contributed by atoms with Gasteiger partial charge in [-0.3, -0.25) is 10.2 Å². The van der Waals surface area contributed by atoms with Crippen molar-refractivity contribution in [2.24, 2.45) is 4.99 Å². The summed E-state index contributed by atoms with van der Waals surface area (Å²) in [5.74, 6) is -0.197. The Morgan fingerprint density at radius 2 is 1.72 bits per heavy atom. The largest absolute Gasteiger partial charge is 0.494 e. The van der Waals surface area contributed by atoms with Gasteiger partial charge in [0, 0.05) is 46.1 Å². The first-order chi connectivity index (χ1) is 22.6. The van der Waals surface area contributed by atoms with Gasteiger partial charge in [0.25, 0.3) is 5.91 Å². The van der Waals surface area contributed by atoms with Crippen LogP contribution in [0.5, 0.6) is 5.75 Å². The van der Waals surface area contributed by atoms with E-state index in [1.54, 1.807) is 72.8 Å². The number of aliphatic imine (C=N–C) groups is 1. The van der Waals surface area contributed by atoms with Crippen LogP contribution in [0.1, 0.15) is 35.6 Å². The zero-order valence-corrected chi connectivity index (χ0v) is 28.9. The Hall–Kier alpha value is -3.45. The van der Waals surface area contributed by atoms with Crippen LogP contribution >= 0.6 is 39.1 Å². The summed E-state index contributed by atoms with van der Waals surface area (Å²) in [7, 11) is -3.80. The monoisotopic (exact) mass is 759 g/mol. The summed E-state index contributed by atoms with van der Waals surface area (Å²) in [5.41, 5.74) is 5.85. The molecule has 0 unspecified atom stereocenters. The third-order valence-electron chi connectivity index (χ3n) is 7.55. The SMILES string of the molecule is O=C(NNCc1ccc(Cl)cc1Cl)[C@@]1(CCS(=O)(=O)c2ccccc2)N=C(c2ccc(OCCCO)cc2)O[C@H]1c1ccc(Br)cc1. The highest BCUT2D eigenvalue weighted by Gasteiger charge is 2.53. The first-order valence-corrected chi connectivity index (χ1v) is 17.9. The number of aliphatic hydroxyl groups is 1. The summed E-state index contributed by atoms with van der Waals surface area (Å²) in [4.78, 5) is 19.3. The summed E-state index contributed by atoms with van der Waals surface area (Å²) in [6, 6.07) is 27.3. The van der Waals surface area contributed by atoms with Crippen LogP contribution in [0.15, 0.2) is 111 Å². The van der Waals surface area contributed by atoms with Crippen LogP contribution in [0.4, 0.5) is 0 Å². The number of carbonyl (C=O) groups is 1. The molecule has 0 aromatic heterocycles. The Bertz CT molecular complexity index is 1830. The highest BCUT2D eigenvalue weighted by molar-refractivity contribution is 9.10. The lowest BCUT2D eigenvalue weighted by molar-refractivity contribution is -0.130. The third-order valence-corrected chi connectivity index (χ3v) is 10.4. The van der Waals surface area contributed by atoms with E-state index < -0.39 is 27.4 Å². The van der Waals surface area contributed by atoms with Crippen molar-refractivity contribution in [2.45, 2.75) is 35.9 Å². The van der Waals surface area contributed by atoms with Gasteiger partial charge in [-0.2, -0.15) is 0 Å². The summed E-state index contributed by atoms with van der Waals surface area (Å²) in [5, 5.41) is 9.95. The number of hydrogen-bond acceptors (Lipinski definition) is 8. The molecule has 47 heavy (non-hydrogen) atoms. The number of hydrogen-bond donors (Lipinski definition) is 3. The molecule has 1 aliphatic rings. The molecule has 0 radical (unpaired) electrons. The van der Waals surface area contributed by atoms with Crippen molar-refractivity contribution in [3.8, 4) is 5.75 Å². The number of carbonyl (C=O) groups excluding carboxylic acids is 1. The lowest BCUT2D eigenvalue weighted by atomic mass is 9.85. The number of ether oxygens (including phenoxy) is 2. The third kappa shape index (κ3) is 8.53. The molecule has 1 heterocycles. The number of nitrogens with zero attached hydrogens (tertiary/aromatic N) is 1. The average Bonchev–Trinajstić information content (AvgIpc) is 3.47. The first-order valence-electron chi connectivity index (χ1n) is 14.7. The van der Waals surface area contributed by atoms with Gasteiger partial charge in [0.15, 0.2) is 21.5 Å². The molecule has 1 aliphatic heterocycles. The van der Waals surface area contributed by atoms with Gasteiger partial charge in [-0.15, -0.1) is 0 Å². The Morgan fingerprint density at radius 3 is 2.40 bits per heavy atom. The van der Waals surface area contributed by atoms with Crippen LogP contribution in [-0.2, 0) is 25.9 Å². The molecule has 5 rings (SSSR count). The molecule has 246 valence electrons. The number of rotatable bonds is 14. The lowest BCUT2D eigenvalue weighted by Gasteiger charge is -2.30. The second-order valence-corrected chi connectivity index (χ2v) is 14.6. The van der Waals surface area contributed by atoms with Crippen molar-refractivity contribution in [1.29, 1.82) is 0 Å². The highest BCUT2D eigenvalue weighted by atomic mass is 79.9. The quantitative estimate of drug-likeness (QED) is 0.0996. The lowest BCUT2D eigenvalue weighted by Crippen LogP contribution is -2.53. The topological polar surface area (TPSA) is 126 Å². The predicted octanol–water partition coefficient (Wildman–Crippen LogP) is 6.46. The summed E-state index contributed by atoms with van der Waals surface area (Å²) >= 11 is 15.8. The number of benzene rings is 4. The number of hydrazine groups is 1. The normalized spacial score (nSPS) is 17.5. The number of halogens is 3. The van der Waals surface area contributed by atoms with E-state index in [9.17, 15) is 13.2 Å². The number of nitrogens with one attached hydrogen (secondary N) is 2. The van der Waals surface area contributed by atoms with Crippen LogP contribution in [0, 0.1) is 0 Å². The van der Waals surface area contributed by atoms with Crippen molar-refractivity contribution >= 4 is 60.8 Å². The zero-order valence-electron chi connectivity index (χ0n) is 25.0. The standard InChI is InChI=1S/C34H32BrCl2N3O6S/c35-26-12-7-23(8-13-26)31-34(17-20-47(43,44)29-5-2-1-3-6-29,33(42)40-38-22-25-9-14-27(36)21-30(25)37)39-32(46-31)24-10-15-28(16-11-24)45-19-4-18-41/h1-3,5-16,21,31,38,41H,4,17-20,22H2,(H,40,42)/t31-,34-/m0/s1. The van der Waals surface area contributed by atoms with Crippen molar-refractivity contribution in [3.05, 3.63) is 128 Å². The Kier molecular flexibility index (Phi) is 11.6. The van der Waals surface area contributed by atoms with Crippen LogP contribution < -0.4 is 15.6 Å². The predicted molar refractivity (Wildman–Crippen MR) is 185 cm³/mol. The molecule has 0 spiro atoms. The maximum absolute atomic E-state index is 14.3. The van der Waals surface area contributed by atoms with Gasteiger partial charge < -0.3 is 14.6 Å². The summed E-state index contributed by atoms with van der Waals surface area (Å²) in [6.45, 7) is 0.538. The van der Waals surface area contributed by atoms with E-state index in [1.165, 1.54) is 12.1 Å². The van der Waals surface area contributed by atoms with Gasteiger partial charge in [0.1, 0.15) is 5.75 Å². The van der Waals surface area contributed by atoms with Crippen molar-refractivity contribution in [1.82, 2.24) is 10.9 Å². The molecule has 9 nitrogen and oxygen atoms in total. The number of amides is 1. The summed E-state index contributed by atoms with van der Waals surface area (Å²) in [6.07, 6.45) is -0.668. The molecular weight excluding hydrogens is 729 g/mol. The van der Waals surface area contributed by atoms with Gasteiger partial charge in [-0.1, -0.05) is 75.5 Å². The Morgan fingerprint density at radius 1 is 1.00 bits per heavy atom. The van der Waals surface area contributed by atoms with E-state index in [1.807, 2.05) is 12.1 Å². The van der Waals surface area contributed by atoms with Crippen LogP contribution in [-0.4, -0.2) is 49.8 Å². The highest BCUT2D eigenvalue weighted by Crippen LogP contribution is 2.43. The smallest absolute Gasteiger partial charge is 0.266 e. The van der Waals surface area contributed by atoms with Gasteiger partial charge in [0.05, 0.1) is 17.3 Å². The average molecular weight is 762 g/mol. The van der Waals surface area contributed by atoms with E-state index in [2.05, 4.69) is 26.8 Å². The Labute approximate surface area is 291 Å². The van der Waals surface area contributed by atoms with Crippen LogP contribution in [0.2, 0.25) is 10.0 Å². The van der Waals surface area contributed by atoms with Crippen LogP contribution in [0.25, 0.3) is 0 Å². The first kappa shape index (κ1) is 34.9. The van der Waals surface area contributed by atoms with Gasteiger partial charge in [-0.05, 0) is 71.8 Å². The van der Waals surface area contributed by atoms with Gasteiger partial charge >= 0.3 is 0 Å². The second kappa shape index (κ2) is 15.6. The van der Waals surface area contributed by atoms with Crippen molar-refractivity contribution < 1.29 is 27.8 Å². The molecular formula is C34H32BrCl2N3O6S. The molecule has 3 N–H and O–H groups in total. The minimum absolute atomic E-state index is 0.0198. The fourth-order valence-electron chi connectivity index (χ4n) is 5.04. The minimum atomic E-state index is -3.80. The van der Waals surface area contributed by atoms with Gasteiger partial charge in [0.2, 0.25) is 5.90 Å². The maximum Gasteiger partial charge on any atom is 0.266 e. The molecule has 0 aliphatic carbocycles. The summed E-state index contributed by atoms with van der Waals surface area (Å²) < 4.78 is 39.9. The van der Waals surface area contributed by atoms with Crippen molar-refractivity contribution in [3.63, 3.8) is 0 Å². The van der Waals surface area contributed by atoms with E-state index in [0.717, 1.165) is 4.47 Å². The van der Waals surface area contributed by atoms with E-state index in [4.69, 9.17) is 42.8 Å². The molecule has 0 bridgehead atoms. The molecule has 0 saturated carbocycles. The minimum Gasteiger partial charge on any atom is -0.494 e. The molecule has 0 saturated heterocycles. The number of sulfone groups is 1. The Balaban J connectivity index is 1.51. The molecule has 2 atom stereocenters. The molecule has 0 fully saturated rings. The van der Waals surface area contributed by atoms with Crippen LogP contribution in [0.3, 0.4) is 0 Å². The van der Waals surface area contributed by atoms with E-state index in [0.29, 0.717) is 45.5 Å². The molecule has 13 heteroatoms. The fraction of sp³-hybridized carbons (Fsp3) is 0.235. The van der Waals surface area contributed by atoms with E-state index >= 15 is 0 Å². The fourth-order valence-corrected chi connectivity index (χ4v) is 7.16. The maximum atomic E-state index is 14.3.